The molecule has 0 unspecified atom stereocenters. The number of thiophene rings is 1. The Hall–Kier alpha value is -1.62. The molecule has 1 aromatic heterocycles. The van der Waals surface area contributed by atoms with Gasteiger partial charge in [0, 0.05) is 4.88 Å². The number of carboxylic acid groups (broad SMARTS) is 1. The Bertz CT molecular complexity index is 445. The van der Waals surface area contributed by atoms with E-state index in [2.05, 4.69) is 0 Å². The van der Waals surface area contributed by atoms with Crippen LogP contribution in [0.1, 0.15) is 33.5 Å². The predicted molar refractivity (Wildman–Crippen MR) is 66.3 cm³/mol. The molecule has 0 aliphatic carbocycles. The van der Waals surface area contributed by atoms with Crippen LogP contribution in [-0.2, 0) is 9.53 Å². The topological polar surface area (TPSA) is 63.6 Å². The third-order valence-electron chi connectivity index (χ3n) is 2.03. The quantitative estimate of drug-likeness (QED) is 0.820. The lowest BCUT2D eigenvalue weighted by atomic mass is 10.2. The first-order chi connectivity index (χ1) is 8.04. The zero-order valence-electron chi connectivity index (χ0n) is 9.73. The highest BCUT2D eigenvalue weighted by molar-refractivity contribution is 7.15. The lowest BCUT2D eigenvalue weighted by Gasteiger charge is -1.96. The van der Waals surface area contributed by atoms with Crippen LogP contribution in [0, 0.1) is 6.92 Å². The van der Waals surface area contributed by atoms with Crippen LogP contribution in [0.5, 0.6) is 0 Å². The van der Waals surface area contributed by atoms with Crippen molar-refractivity contribution < 1.29 is 19.4 Å². The van der Waals surface area contributed by atoms with E-state index in [-0.39, 0.29) is 12.4 Å². The minimum atomic E-state index is -0.928. The summed E-state index contributed by atoms with van der Waals surface area (Å²) in [6, 6.07) is 1.62. The van der Waals surface area contributed by atoms with E-state index in [1.807, 2.05) is 6.92 Å². The number of carbonyl (C=O) groups is 2. The fourth-order valence-electron chi connectivity index (χ4n) is 1.25. The van der Waals surface area contributed by atoms with Crippen LogP contribution in [-0.4, -0.2) is 23.7 Å². The van der Waals surface area contributed by atoms with Gasteiger partial charge >= 0.3 is 11.9 Å². The van der Waals surface area contributed by atoms with Gasteiger partial charge in [-0.1, -0.05) is 6.08 Å². The minimum Gasteiger partial charge on any atom is -0.477 e. The molecular weight excluding hydrogens is 240 g/mol. The van der Waals surface area contributed by atoms with Crippen LogP contribution < -0.4 is 0 Å². The van der Waals surface area contributed by atoms with E-state index in [1.165, 1.54) is 11.3 Å². The second-order valence-electron chi connectivity index (χ2n) is 3.37. The van der Waals surface area contributed by atoms with Crippen LogP contribution in [0.15, 0.2) is 12.1 Å². The number of carboxylic acids is 1. The lowest BCUT2D eigenvalue weighted by Crippen LogP contribution is -2.01. The molecule has 4 nitrogen and oxygen atoms in total. The van der Waals surface area contributed by atoms with E-state index in [9.17, 15) is 9.59 Å². The Labute approximate surface area is 104 Å². The summed E-state index contributed by atoms with van der Waals surface area (Å²) in [5, 5.41) is 8.82. The Morgan fingerprint density at radius 1 is 1.53 bits per heavy atom. The van der Waals surface area contributed by atoms with Crippen molar-refractivity contribution in [3.05, 3.63) is 27.5 Å². The van der Waals surface area contributed by atoms with Gasteiger partial charge in [-0.15, -0.1) is 11.3 Å². The first-order valence-corrected chi connectivity index (χ1v) is 6.02. The van der Waals surface area contributed by atoms with Gasteiger partial charge in [-0.25, -0.2) is 4.79 Å². The van der Waals surface area contributed by atoms with Crippen molar-refractivity contribution in [1.29, 1.82) is 0 Å². The zero-order valence-corrected chi connectivity index (χ0v) is 10.5. The standard InChI is InChI=1S/C12H14O4S/c1-3-16-11(13)6-4-5-9-8(2)7-10(17-9)12(14)15/h4-5,7H,3,6H2,1-2H3,(H,14,15). The van der Waals surface area contributed by atoms with E-state index in [0.29, 0.717) is 11.5 Å². The Morgan fingerprint density at radius 3 is 2.76 bits per heavy atom. The smallest absolute Gasteiger partial charge is 0.345 e. The Morgan fingerprint density at radius 2 is 2.24 bits per heavy atom. The van der Waals surface area contributed by atoms with Crippen molar-refractivity contribution in [2.45, 2.75) is 20.3 Å². The maximum absolute atomic E-state index is 11.1. The van der Waals surface area contributed by atoms with Crippen molar-refractivity contribution in [3.63, 3.8) is 0 Å². The number of carbonyl (C=O) groups excluding carboxylic acids is 1. The summed E-state index contributed by atoms with van der Waals surface area (Å²) in [7, 11) is 0. The highest BCUT2D eigenvalue weighted by atomic mass is 32.1. The number of rotatable bonds is 5. The van der Waals surface area contributed by atoms with Gasteiger partial charge in [-0.3, -0.25) is 4.79 Å². The predicted octanol–water partition coefficient (Wildman–Crippen LogP) is 2.72. The van der Waals surface area contributed by atoms with Crippen LogP contribution in [0.4, 0.5) is 0 Å². The molecule has 5 heteroatoms. The first kappa shape index (κ1) is 13.4. The lowest BCUT2D eigenvalue weighted by molar-refractivity contribution is -0.142. The molecule has 0 bridgehead atoms. The fourth-order valence-corrected chi connectivity index (χ4v) is 2.19. The molecule has 17 heavy (non-hydrogen) atoms. The molecule has 0 amide bonds. The molecule has 0 spiro atoms. The molecule has 0 radical (unpaired) electrons. The van der Waals surface area contributed by atoms with Gasteiger partial charge in [0.1, 0.15) is 4.88 Å². The van der Waals surface area contributed by atoms with Crippen LogP contribution in [0.2, 0.25) is 0 Å². The summed E-state index contributed by atoms with van der Waals surface area (Å²) >= 11 is 1.19. The SMILES string of the molecule is CCOC(=O)CC=Cc1sc(C(=O)O)cc1C. The normalized spacial score (nSPS) is 10.7. The van der Waals surface area contributed by atoms with Gasteiger partial charge < -0.3 is 9.84 Å². The van der Waals surface area contributed by atoms with Gasteiger partial charge in [0.2, 0.25) is 0 Å². The summed E-state index contributed by atoms with van der Waals surface area (Å²) in [5.74, 6) is -1.21. The second-order valence-corrected chi connectivity index (χ2v) is 4.46. The number of hydrogen-bond donors (Lipinski definition) is 1. The van der Waals surface area contributed by atoms with Crippen molar-refractivity contribution >= 4 is 29.4 Å². The number of aryl methyl sites for hydroxylation is 1. The van der Waals surface area contributed by atoms with Gasteiger partial charge in [0.05, 0.1) is 13.0 Å². The van der Waals surface area contributed by atoms with Crippen molar-refractivity contribution in [2.24, 2.45) is 0 Å². The third kappa shape index (κ3) is 4.03. The highest BCUT2D eigenvalue weighted by Crippen LogP contribution is 2.23. The minimum absolute atomic E-state index is 0.202. The van der Waals surface area contributed by atoms with Crippen molar-refractivity contribution in [1.82, 2.24) is 0 Å². The molecular formula is C12H14O4S. The molecule has 0 saturated carbocycles. The Balaban J connectivity index is 2.65. The summed E-state index contributed by atoms with van der Waals surface area (Å²) in [5.41, 5.74) is 0.896. The summed E-state index contributed by atoms with van der Waals surface area (Å²) < 4.78 is 4.77. The average molecular weight is 254 g/mol. The van der Waals surface area contributed by atoms with Crippen molar-refractivity contribution in [2.75, 3.05) is 6.61 Å². The van der Waals surface area contributed by atoms with Crippen molar-refractivity contribution in [3.8, 4) is 0 Å². The average Bonchev–Trinajstić information content (AvgIpc) is 2.61. The molecule has 1 rings (SSSR count). The van der Waals surface area contributed by atoms with Crippen LogP contribution >= 0.6 is 11.3 Å². The molecule has 0 aliphatic heterocycles. The van der Waals surface area contributed by atoms with E-state index in [4.69, 9.17) is 9.84 Å². The van der Waals surface area contributed by atoms with E-state index < -0.39 is 5.97 Å². The molecule has 0 aromatic carbocycles. The molecule has 1 N–H and O–H groups in total. The second kappa shape index (κ2) is 6.20. The molecule has 92 valence electrons. The largest absolute Gasteiger partial charge is 0.477 e. The van der Waals surface area contributed by atoms with E-state index >= 15 is 0 Å². The van der Waals surface area contributed by atoms with Gasteiger partial charge in [-0.2, -0.15) is 0 Å². The number of aromatic carboxylic acids is 1. The monoisotopic (exact) mass is 254 g/mol. The van der Waals surface area contributed by atoms with Gasteiger partial charge in [0.15, 0.2) is 0 Å². The van der Waals surface area contributed by atoms with Gasteiger partial charge in [0.25, 0.3) is 0 Å². The summed E-state index contributed by atoms with van der Waals surface area (Å²) in [6.45, 7) is 3.96. The van der Waals surface area contributed by atoms with E-state index in [0.717, 1.165) is 10.4 Å². The molecule has 0 saturated heterocycles. The first-order valence-electron chi connectivity index (χ1n) is 5.20. The maximum Gasteiger partial charge on any atom is 0.345 e. The number of esters is 1. The molecule has 1 heterocycles. The molecule has 0 fully saturated rings. The third-order valence-corrected chi connectivity index (χ3v) is 3.22. The molecule has 0 atom stereocenters. The molecule has 1 aromatic rings. The Kier molecular flexibility index (Phi) is 4.90. The summed E-state index contributed by atoms with van der Waals surface area (Å²) in [6.07, 6.45) is 3.64. The number of hydrogen-bond acceptors (Lipinski definition) is 4. The molecule has 0 aliphatic rings. The van der Waals surface area contributed by atoms with E-state index in [1.54, 1.807) is 25.1 Å². The van der Waals surface area contributed by atoms with Gasteiger partial charge in [-0.05, 0) is 31.6 Å². The zero-order chi connectivity index (χ0) is 12.8. The van der Waals surface area contributed by atoms with Crippen LogP contribution in [0.25, 0.3) is 6.08 Å². The fraction of sp³-hybridized carbons (Fsp3) is 0.333. The maximum atomic E-state index is 11.1. The summed E-state index contributed by atoms with van der Waals surface area (Å²) in [4.78, 5) is 23.0. The number of ether oxygens (including phenoxy) is 1. The highest BCUT2D eigenvalue weighted by Gasteiger charge is 2.09. The van der Waals surface area contributed by atoms with Crippen LogP contribution in [0.3, 0.4) is 0 Å².